The number of rotatable bonds is 6. The van der Waals surface area contributed by atoms with Crippen LogP contribution in [0.25, 0.3) is 0 Å². The highest BCUT2D eigenvalue weighted by molar-refractivity contribution is 5.74. The topological polar surface area (TPSA) is 32.8 Å². The number of ether oxygens (including phenoxy) is 1. The molecule has 1 fully saturated rings. The van der Waals surface area contributed by atoms with Gasteiger partial charge in [-0.15, -0.1) is 0 Å². The fourth-order valence-electron chi connectivity index (χ4n) is 2.76. The number of benzene rings is 1. The molecule has 0 amide bonds. The van der Waals surface area contributed by atoms with Crippen LogP contribution in [0.4, 0.5) is 0 Å². The molecule has 122 valence electrons. The maximum atomic E-state index is 10.6. The Labute approximate surface area is 134 Å². The molecular formula is C18H28N2O2. The van der Waals surface area contributed by atoms with E-state index < -0.39 is 0 Å². The van der Waals surface area contributed by atoms with Crippen LogP contribution in [0.1, 0.15) is 37.6 Å². The van der Waals surface area contributed by atoms with Gasteiger partial charge >= 0.3 is 0 Å². The lowest BCUT2D eigenvalue weighted by Crippen LogP contribution is -2.53. The maximum absolute atomic E-state index is 10.6. The van der Waals surface area contributed by atoms with Crippen molar-refractivity contribution in [3.63, 3.8) is 0 Å². The molecule has 2 rings (SSSR count). The number of piperazine rings is 1. The lowest BCUT2D eigenvalue weighted by Gasteiger charge is -2.42. The van der Waals surface area contributed by atoms with E-state index in [1.807, 2.05) is 12.1 Å². The second kappa shape index (κ2) is 7.75. The van der Waals surface area contributed by atoms with Crippen LogP contribution in [0.3, 0.4) is 0 Å². The third-order valence-electron chi connectivity index (χ3n) is 4.22. The zero-order chi connectivity index (χ0) is 16.0. The van der Waals surface area contributed by atoms with Gasteiger partial charge in [0.1, 0.15) is 12.0 Å². The fraction of sp³-hybridized carbons (Fsp3) is 0.611. The van der Waals surface area contributed by atoms with Crippen molar-refractivity contribution in [3.05, 3.63) is 29.8 Å². The van der Waals surface area contributed by atoms with Crippen molar-refractivity contribution in [2.45, 2.75) is 32.7 Å². The lowest BCUT2D eigenvalue weighted by atomic mass is 10.0. The monoisotopic (exact) mass is 304 g/mol. The molecular weight excluding hydrogens is 276 g/mol. The van der Waals surface area contributed by atoms with Gasteiger partial charge in [0.25, 0.3) is 0 Å². The third kappa shape index (κ3) is 5.11. The Morgan fingerprint density at radius 3 is 2.27 bits per heavy atom. The highest BCUT2D eigenvalue weighted by Gasteiger charge is 2.25. The Kier molecular flexibility index (Phi) is 5.98. The largest absolute Gasteiger partial charge is 0.494 e. The van der Waals surface area contributed by atoms with Crippen LogP contribution in [-0.2, 0) is 0 Å². The number of nitrogens with zero attached hydrogens (tertiary/aromatic N) is 2. The van der Waals surface area contributed by atoms with Gasteiger partial charge in [0.2, 0.25) is 0 Å². The Balaban J connectivity index is 1.62. The number of carbonyl (C=O) groups is 1. The molecule has 4 heteroatoms. The van der Waals surface area contributed by atoms with Gasteiger partial charge in [0.05, 0.1) is 6.61 Å². The van der Waals surface area contributed by atoms with E-state index in [0.29, 0.717) is 5.56 Å². The minimum atomic E-state index is 0.281. The zero-order valence-corrected chi connectivity index (χ0v) is 14.0. The van der Waals surface area contributed by atoms with Crippen molar-refractivity contribution in [1.29, 1.82) is 0 Å². The van der Waals surface area contributed by atoms with Crippen LogP contribution in [0.15, 0.2) is 24.3 Å². The fourth-order valence-corrected chi connectivity index (χ4v) is 2.76. The summed E-state index contributed by atoms with van der Waals surface area (Å²) in [4.78, 5) is 15.7. The van der Waals surface area contributed by atoms with Crippen LogP contribution in [-0.4, -0.2) is 61.0 Å². The van der Waals surface area contributed by atoms with E-state index in [9.17, 15) is 4.79 Å². The predicted octanol–water partition coefficient (Wildman–Crippen LogP) is 2.68. The van der Waals surface area contributed by atoms with Crippen molar-refractivity contribution >= 4 is 6.29 Å². The van der Waals surface area contributed by atoms with Crippen molar-refractivity contribution in [3.8, 4) is 5.75 Å². The molecule has 1 heterocycles. The van der Waals surface area contributed by atoms with Crippen molar-refractivity contribution in [2.24, 2.45) is 0 Å². The molecule has 22 heavy (non-hydrogen) atoms. The average Bonchev–Trinajstić information content (AvgIpc) is 2.52. The van der Waals surface area contributed by atoms with Gasteiger partial charge in [-0.25, -0.2) is 0 Å². The average molecular weight is 304 g/mol. The van der Waals surface area contributed by atoms with E-state index in [0.717, 1.165) is 57.8 Å². The molecule has 4 nitrogen and oxygen atoms in total. The van der Waals surface area contributed by atoms with Crippen LogP contribution in [0.5, 0.6) is 5.75 Å². The molecule has 0 atom stereocenters. The third-order valence-corrected chi connectivity index (χ3v) is 4.22. The number of aldehydes is 1. The van der Waals surface area contributed by atoms with Gasteiger partial charge in [-0.3, -0.25) is 9.69 Å². The molecule has 0 N–H and O–H groups in total. The second-order valence-corrected chi connectivity index (χ2v) is 6.89. The Hall–Kier alpha value is -1.39. The first-order chi connectivity index (χ1) is 10.5. The van der Waals surface area contributed by atoms with Gasteiger partial charge in [0, 0.05) is 43.8 Å². The van der Waals surface area contributed by atoms with Gasteiger partial charge in [-0.05, 0) is 51.5 Å². The van der Waals surface area contributed by atoms with E-state index in [-0.39, 0.29) is 5.54 Å². The molecule has 0 aromatic heterocycles. The van der Waals surface area contributed by atoms with E-state index in [4.69, 9.17) is 4.74 Å². The Morgan fingerprint density at radius 1 is 1.09 bits per heavy atom. The Morgan fingerprint density at radius 2 is 1.73 bits per heavy atom. The van der Waals surface area contributed by atoms with Gasteiger partial charge < -0.3 is 9.64 Å². The highest BCUT2D eigenvalue weighted by Crippen LogP contribution is 2.16. The SMILES string of the molecule is CC(C)(C)N1CCN(CCCOc2ccc(C=O)cc2)CC1. The smallest absolute Gasteiger partial charge is 0.150 e. The normalized spacial score (nSPS) is 17.4. The van der Waals surface area contributed by atoms with Crippen molar-refractivity contribution < 1.29 is 9.53 Å². The van der Waals surface area contributed by atoms with E-state index >= 15 is 0 Å². The number of carbonyl (C=O) groups excluding carboxylic acids is 1. The molecule has 1 aromatic carbocycles. The second-order valence-electron chi connectivity index (χ2n) is 6.89. The van der Waals surface area contributed by atoms with E-state index in [1.165, 1.54) is 0 Å². The Bertz CT molecular complexity index is 457. The highest BCUT2D eigenvalue weighted by atomic mass is 16.5. The standard InChI is InChI=1S/C18H28N2O2/c1-18(2,3)20-12-10-19(11-13-20)9-4-14-22-17-7-5-16(15-21)6-8-17/h5-8,15H,4,9-14H2,1-3H3. The molecule has 0 spiro atoms. The van der Waals surface area contributed by atoms with E-state index in [2.05, 4.69) is 30.6 Å². The molecule has 1 aliphatic rings. The summed E-state index contributed by atoms with van der Waals surface area (Å²) in [6.07, 6.45) is 1.88. The first kappa shape index (κ1) is 17.0. The summed E-state index contributed by atoms with van der Waals surface area (Å²) in [6.45, 7) is 13.3. The summed E-state index contributed by atoms with van der Waals surface area (Å²) < 4.78 is 5.72. The van der Waals surface area contributed by atoms with Crippen molar-refractivity contribution in [1.82, 2.24) is 9.80 Å². The van der Waals surface area contributed by atoms with Gasteiger partial charge in [-0.1, -0.05) is 0 Å². The first-order valence-electron chi connectivity index (χ1n) is 8.14. The minimum absolute atomic E-state index is 0.281. The quantitative estimate of drug-likeness (QED) is 0.597. The summed E-state index contributed by atoms with van der Waals surface area (Å²) in [5, 5.41) is 0. The van der Waals surface area contributed by atoms with E-state index in [1.54, 1.807) is 12.1 Å². The lowest BCUT2D eigenvalue weighted by molar-refractivity contribution is 0.0601. The molecule has 0 bridgehead atoms. The van der Waals surface area contributed by atoms with Gasteiger partial charge in [-0.2, -0.15) is 0 Å². The van der Waals surface area contributed by atoms with Crippen LogP contribution >= 0.6 is 0 Å². The molecule has 1 saturated heterocycles. The predicted molar refractivity (Wildman–Crippen MR) is 89.7 cm³/mol. The molecule has 0 radical (unpaired) electrons. The van der Waals surface area contributed by atoms with Crippen LogP contribution < -0.4 is 4.74 Å². The number of hydrogen-bond acceptors (Lipinski definition) is 4. The number of hydrogen-bond donors (Lipinski definition) is 0. The molecule has 0 aliphatic carbocycles. The molecule has 1 aliphatic heterocycles. The summed E-state index contributed by atoms with van der Waals surface area (Å²) in [7, 11) is 0. The van der Waals surface area contributed by atoms with Crippen LogP contribution in [0, 0.1) is 0 Å². The summed E-state index contributed by atoms with van der Waals surface area (Å²) in [5.41, 5.74) is 0.965. The first-order valence-corrected chi connectivity index (χ1v) is 8.14. The minimum Gasteiger partial charge on any atom is -0.494 e. The molecule has 0 unspecified atom stereocenters. The van der Waals surface area contributed by atoms with Crippen molar-refractivity contribution in [2.75, 3.05) is 39.3 Å². The zero-order valence-electron chi connectivity index (χ0n) is 14.0. The maximum Gasteiger partial charge on any atom is 0.150 e. The van der Waals surface area contributed by atoms with Crippen LogP contribution in [0.2, 0.25) is 0 Å². The summed E-state index contributed by atoms with van der Waals surface area (Å²) >= 11 is 0. The van der Waals surface area contributed by atoms with Gasteiger partial charge in [0.15, 0.2) is 0 Å². The summed E-state index contributed by atoms with van der Waals surface area (Å²) in [6, 6.07) is 7.28. The molecule has 0 saturated carbocycles. The molecule has 1 aromatic rings. The summed E-state index contributed by atoms with van der Waals surface area (Å²) in [5.74, 6) is 0.836.